The minimum absolute atomic E-state index is 0.328. The van der Waals surface area contributed by atoms with Crippen LogP contribution in [0.25, 0.3) is 39.1 Å². The zero-order chi connectivity index (χ0) is 21.8. The smallest absolute Gasteiger partial charge is 0.183 e. The number of pyridine rings is 1. The summed E-state index contributed by atoms with van der Waals surface area (Å²) in [6, 6.07) is 6.90. The Hall–Kier alpha value is -3.81. The molecule has 0 spiro atoms. The molecule has 160 valence electrons. The lowest BCUT2D eigenvalue weighted by Gasteiger charge is -2.12. The van der Waals surface area contributed by atoms with Crippen molar-refractivity contribution in [2.24, 2.45) is 0 Å². The van der Waals surface area contributed by atoms with Crippen LogP contribution in [0.4, 0.5) is 4.39 Å². The Morgan fingerprint density at radius 1 is 1.12 bits per heavy atom. The van der Waals surface area contributed by atoms with Crippen molar-refractivity contribution >= 4 is 16.8 Å². The first-order valence-corrected chi connectivity index (χ1v) is 10.7. The van der Waals surface area contributed by atoms with E-state index in [9.17, 15) is 0 Å². The minimum atomic E-state index is -0.328. The molecule has 7 nitrogen and oxygen atoms in total. The van der Waals surface area contributed by atoms with Gasteiger partial charge in [-0.3, -0.25) is 0 Å². The summed E-state index contributed by atoms with van der Waals surface area (Å²) in [5.74, 6) is 0.787. The molecule has 4 aromatic heterocycles. The molecule has 0 atom stereocenters. The molecule has 0 aliphatic heterocycles. The zero-order valence-electron chi connectivity index (χ0n) is 17.8. The van der Waals surface area contributed by atoms with Gasteiger partial charge in [0.1, 0.15) is 22.7 Å². The molecule has 32 heavy (non-hydrogen) atoms. The Labute approximate surface area is 183 Å². The average molecular weight is 428 g/mol. The molecule has 1 aliphatic carbocycles. The van der Waals surface area contributed by atoms with Crippen molar-refractivity contribution in [3.63, 3.8) is 0 Å². The van der Waals surface area contributed by atoms with Crippen LogP contribution in [0, 0.1) is 5.82 Å². The molecule has 5 aromatic rings. The number of rotatable bonds is 5. The van der Waals surface area contributed by atoms with Crippen LogP contribution in [0.15, 0.2) is 49.2 Å². The standard InChI is InChI=1S/C24H21FN6O/c1-3-30-13-26-23-17(10-27-29-24(23)30)15-6-7-19(25)16(8-15)18-11-31-12-20(14-4-5-14)28-22(31)9-21(18)32-2/h6-14H,3-5H2,1-2H3. The van der Waals surface area contributed by atoms with Crippen molar-refractivity contribution in [3.05, 3.63) is 60.7 Å². The number of methoxy groups -OCH3 is 1. The molecule has 1 fully saturated rings. The number of fused-ring (bicyclic) bond motifs is 2. The fourth-order valence-electron chi connectivity index (χ4n) is 4.20. The van der Waals surface area contributed by atoms with E-state index in [0.29, 0.717) is 28.4 Å². The van der Waals surface area contributed by atoms with Crippen LogP contribution < -0.4 is 4.74 Å². The molecule has 0 bridgehead atoms. The van der Waals surface area contributed by atoms with E-state index in [1.807, 2.05) is 40.4 Å². The monoisotopic (exact) mass is 428 g/mol. The van der Waals surface area contributed by atoms with E-state index < -0.39 is 0 Å². The van der Waals surface area contributed by atoms with E-state index in [1.54, 1.807) is 25.7 Å². The Kier molecular flexibility index (Phi) is 4.21. The van der Waals surface area contributed by atoms with E-state index in [4.69, 9.17) is 9.72 Å². The first-order valence-electron chi connectivity index (χ1n) is 10.7. The molecule has 4 heterocycles. The second-order valence-electron chi connectivity index (χ2n) is 8.12. The molecule has 8 heteroatoms. The van der Waals surface area contributed by atoms with Crippen molar-refractivity contribution in [2.45, 2.75) is 32.2 Å². The topological polar surface area (TPSA) is 70.1 Å². The molecular weight excluding hydrogens is 407 g/mol. The van der Waals surface area contributed by atoms with Crippen molar-refractivity contribution in [1.82, 2.24) is 29.1 Å². The van der Waals surface area contributed by atoms with E-state index in [2.05, 4.69) is 15.2 Å². The summed E-state index contributed by atoms with van der Waals surface area (Å²) in [5, 5.41) is 8.38. The van der Waals surface area contributed by atoms with Crippen molar-refractivity contribution in [2.75, 3.05) is 7.11 Å². The normalized spacial score (nSPS) is 13.8. The lowest BCUT2D eigenvalue weighted by molar-refractivity contribution is 0.416. The van der Waals surface area contributed by atoms with Crippen LogP contribution in [0.5, 0.6) is 5.75 Å². The van der Waals surface area contributed by atoms with Crippen molar-refractivity contribution in [3.8, 4) is 28.0 Å². The summed E-state index contributed by atoms with van der Waals surface area (Å²) in [5.41, 5.74) is 6.06. The van der Waals surface area contributed by atoms with Crippen LogP contribution in [0.1, 0.15) is 31.4 Å². The second-order valence-corrected chi connectivity index (χ2v) is 8.12. The van der Waals surface area contributed by atoms with Crippen LogP contribution >= 0.6 is 0 Å². The van der Waals surface area contributed by atoms with Crippen LogP contribution in [0.3, 0.4) is 0 Å². The highest BCUT2D eigenvalue weighted by Gasteiger charge is 2.26. The average Bonchev–Trinajstić information content (AvgIpc) is 3.45. The number of ether oxygens (including phenoxy) is 1. The van der Waals surface area contributed by atoms with Gasteiger partial charge in [-0.05, 0) is 37.5 Å². The van der Waals surface area contributed by atoms with Gasteiger partial charge in [-0.2, -0.15) is 5.10 Å². The number of benzene rings is 1. The molecule has 0 saturated heterocycles. The molecule has 1 saturated carbocycles. The zero-order valence-corrected chi connectivity index (χ0v) is 17.8. The largest absolute Gasteiger partial charge is 0.496 e. The summed E-state index contributed by atoms with van der Waals surface area (Å²) in [6.07, 6.45) is 9.69. The lowest BCUT2D eigenvalue weighted by atomic mass is 9.99. The van der Waals surface area contributed by atoms with Gasteiger partial charge in [0, 0.05) is 47.6 Å². The predicted molar refractivity (Wildman–Crippen MR) is 119 cm³/mol. The van der Waals surface area contributed by atoms with Gasteiger partial charge in [0.15, 0.2) is 5.65 Å². The number of hydrogen-bond acceptors (Lipinski definition) is 5. The summed E-state index contributed by atoms with van der Waals surface area (Å²) in [6.45, 7) is 2.77. The molecule has 0 N–H and O–H groups in total. The number of aryl methyl sites for hydroxylation is 1. The molecule has 1 aliphatic rings. The third-order valence-electron chi connectivity index (χ3n) is 6.10. The van der Waals surface area contributed by atoms with Gasteiger partial charge in [0.05, 0.1) is 25.3 Å². The summed E-state index contributed by atoms with van der Waals surface area (Å²) < 4.78 is 24.6. The van der Waals surface area contributed by atoms with Crippen molar-refractivity contribution < 1.29 is 9.13 Å². The second kappa shape index (κ2) is 7.12. The Bertz CT molecular complexity index is 1480. The van der Waals surface area contributed by atoms with Gasteiger partial charge in [-0.15, -0.1) is 5.10 Å². The summed E-state index contributed by atoms with van der Waals surface area (Å²) in [7, 11) is 1.59. The van der Waals surface area contributed by atoms with Gasteiger partial charge in [0.25, 0.3) is 0 Å². The predicted octanol–water partition coefficient (Wildman–Crippen LogP) is 4.85. The van der Waals surface area contributed by atoms with Gasteiger partial charge >= 0.3 is 0 Å². The molecule has 6 rings (SSSR count). The highest BCUT2D eigenvalue weighted by Crippen LogP contribution is 2.41. The van der Waals surface area contributed by atoms with Crippen LogP contribution in [-0.4, -0.2) is 36.2 Å². The number of nitrogens with zero attached hydrogens (tertiary/aromatic N) is 6. The SMILES string of the molecule is CCn1cnc2c(-c3ccc(F)c(-c4cn5cc(C6CC6)nc5cc4OC)c3)cnnc21. The van der Waals surface area contributed by atoms with Crippen LogP contribution in [0.2, 0.25) is 0 Å². The molecule has 0 unspecified atom stereocenters. The Morgan fingerprint density at radius 3 is 2.78 bits per heavy atom. The number of aromatic nitrogens is 6. The van der Waals surface area contributed by atoms with E-state index in [0.717, 1.165) is 34.5 Å². The van der Waals surface area contributed by atoms with Gasteiger partial charge in [-0.1, -0.05) is 6.07 Å². The molecular formula is C24H21FN6O. The lowest BCUT2D eigenvalue weighted by Crippen LogP contribution is -1.97. The fourth-order valence-corrected chi connectivity index (χ4v) is 4.20. The maximum Gasteiger partial charge on any atom is 0.183 e. The quantitative estimate of drug-likeness (QED) is 0.400. The summed E-state index contributed by atoms with van der Waals surface area (Å²) >= 11 is 0. The highest BCUT2D eigenvalue weighted by molar-refractivity contribution is 5.90. The summed E-state index contributed by atoms with van der Waals surface area (Å²) in [4.78, 5) is 9.23. The van der Waals surface area contributed by atoms with Gasteiger partial charge in [0.2, 0.25) is 0 Å². The number of hydrogen-bond donors (Lipinski definition) is 0. The fraction of sp³-hybridized carbons (Fsp3) is 0.250. The third-order valence-corrected chi connectivity index (χ3v) is 6.10. The highest BCUT2D eigenvalue weighted by atomic mass is 19.1. The van der Waals surface area contributed by atoms with Gasteiger partial charge in [-0.25, -0.2) is 14.4 Å². The molecule has 1 aromatic carbocycles. The Balaban J connectivity index is 1.52. The maximum absolute atomic E-state index is 15.1. The van der Waals surface area contributed by atoms with E-state index >= 15 is 4.39 Å². The molecule has 0 radical (unpaired) electrons. The molecule has 0 amide bonds. The van der Waals surface area contributed by atoms with Crippen molar-refractivity contribution in [1.29, 1.82) is 0 Å². The van der Waals surface area contributed by atoms with E-state index in [1.165, 1.54) is 18.9 Å². The van der Waals surface area contributed by atoms with E-state index in [-0.39, 0.29) is 5.82 Å². The number of imidazole rings is 2. The van der Waals surface area contributed by atoms with Crippen LogP contribution in [-0.2, 0) is 6.54 Å². The van der Waals surface area contributed by atoms with Gasteiger partial charge < -0.3 is 13.7 Å². The minimum Gasteiger partial charge on any atom is -0.496 e. The number of halogens is 1. The maximum atomic E-state index is 15.1. The first-order chi connectivity index (χ1) is 15.7. The first kappa shape index (κ1) is 18.9. The third kappa shape index (κ3) is 2.94. The Morgan fingerprint density at radius 2 is 2.00 bits per heavy atom.